The van der Waals surface area contributed by atoms with Crippen LogP contribution in [0.4, 0.5) is 16.6 Å². The van der Waals surface area contributed by atoms with Crippen LogP contribution in [-0.2, 0) is 16.0 Å². The number of piperidine rings is 1. The Balaban J connectivity index is 0.747. The number of fused-ring (bicyclic) bond motifs is 1. The van der Waals surface area contributed by atoms with Gasteiger partial charge in [-0.3, -0.25) is 9.59 Å². The van der Waals surface area contributed by atoms with E-state index >= 15 is 0 Å². The molecule has 2 aromatic heterocycles. The van der Waals surface area contributed by atoms with E-state index in [-0.39, 0.29) is 41.4 Å². The summed E-state index contributed by atoms with van der Waals surface area (Å²) in [5.74, 6) is 3.30. The van der Waals surface area contributed by atoms with Crippen molar-refractivity contribution in [2.45, 2.75) is 109 Å². The molecule has 4 unspecified atom stereocenters. The first kappa shape index (κ1) is 48.3. The quantitative estimate of drug-likeness (QED) is 0.0931. The molecule has 4 atom stereocenters. The maximum atomic E-state index is 14.2. The standard InChI is InChI=1S/C53H67N11O6/c1-6-32-13-14-36(44(67)22-32)31(2)58-48(68)41-11-9-18-63(41)49(69)46(52(3,4)5)60-51(70)62-29-53(30-62)24-35(25-53)61-19-15-33(16-20-61)34-26-56-50(57-27-34)64-21-17-40-45(42(64)28-65)38(47(55)59-40)23-39(54)37-10-7-8-12-43(37)66/h1,7-8,10,12-14,22-23,26-27,31,33,35,41-42,46,59,65-67H,9,11,15-21,24-25,28-30,54-55H2,2-5H3,(H,58,68)(H,60,70)/b39-23-. The largest absolute Gasteiger partial charge is 0.508 e. The number of aliphatic hydroxyl groups is 1. The lowest BCUT2D eigenvalue weighted by atomic mass is 9.60. The molecule has 1 spiro atoms. The Morgan fingerprint density at radius 1 is 1.00 bits per heavy atom. The molecule has 4 aromatic rings. The van der Waals surface area contributed by atoms with Crippen molar-refractivity contribution in [2.24, 2.45) is 16.6 Å². The van der Waals surface area contributed by atoms with Crippen LogP contribution < -0.4 is 27.0 Å². The summed E-state index contributed by atoms with van der Waals surface area (Å²) in [5.41, 5.74) is 17.9. The number of aromatic amines is 1. The van der Waals surface area contributed by atoms with Crippen molar-refractivity contribution in [3.63, 3.8) is 0 Å². The highest BCUT2D eigenvalue weighted by Crippen LogP contribution is 2.51. The van der Waals surface area contributed by atoms with Crippen LogP contribution >= 0.6 is 0 Å². The minimum Gasteiger partial charge on any atom is -0.508 e. The fraction of sp³-hybridized carbons (Fsp3) is 0.491. The Morgan fingerprint density at radius 2 is 1.71 bits per heavy atom. The summed E-state index contributed by atoms with van der Waals surface area (Å²) in [6.07, 6.45) is 16.9. The number of nitrogen functional groups attached to an aromatic ring is 1. The molecule has 4 amide bonds. The molecular weight excluding hydrogens is 887 g/mol. The molecule has 370 valence electrons. The summed E-state index contributed by atoms with van der Waals surface area (Å²) in [4.78, 5) is 62.5. The molecule has 1 saturated carbocycles. The van der Waals surface area contributed by atoms with Crippen molar-refractivity contribution in [3.05, 3.63) is 93.9 Å². The number of phenols is 2. The number of nitrogens with two attached hydrogens (primary N) is 2. The third-order valence-electron chi connectivity index (χ3n) is 15.5. The Bertz CT molecular complexity index is 2680. The van der Waals surface area contributed by atoms with Gasteiger partial charge in [0.1, 0.15) is 29.4 Å². The molecule has 4 aliphatic heterocycles. The summed E-state index contributed by atoms with van der Waals surface area (Å²) < 4.78 is 0. The highest BCUT2D eigenvalue weighted by atomic mass is 16.3. The first-order valence-corrected chi connectivity index (χ1v) is 24.6. The van der Waals surface area contributed by atoms with Gasteiger partial charge < -0.3 is 62.0 Å². The first-order chi connectivity index (χ1) is 33.5. The van der Waals surface area contributed by atoms with Crippen LogP contribution in [0.1, 0.15) is 123 Å². The predicted molar refractivity (Wildman–Crippen MR) is 268 cm³/mol. The molecular formula is C53H67N11O6. The number of nitrogens with zero attached hydrogens (tertiary/aromatic N) is 6. The SMILES string of the molecule is C#Cc1ccc(C(C)NC(=O)C2CCCN2C(=O)C(NC(=O)N2CC3(CC(N4CCC(c5cnc(N6CCc7[nH]c(N)c(/C=C(\N)c8ccccc8O)c7C6CO)nc5)CC4)C3)C2)C(C)(C)C)c(O)c1. The topological polar surface area (TPSA) is 243 Å². The second kappa shape index (κ2) is 19.2. The van der Waals surface area contributed by atoms with Crippen LogP contribution in [-0.4, -0.2) is 127 Å². The van der Waals surface area contributed by atoms with Gasteiger partial charge in [-0.05, 0) is 106 Å². The van der Waals surface area contributed by atoms with E-state index in [0.717, 1.165) is 55.6 Å². The molecule has 5 aliphatic rings. The number of nitrogens with one attached hydrogen (secondary N) is 3. The smallest absolute Gasteiger partial charge is 0.318 e. The number of aromatic hydroxyl groups is 2. The van der Waals surface area contributed by atoms with E-state index in [1.807, 2.05) is 43.0 Å². The van der Waals surface area contributed by atoms with Crippen molar-refractivity contribution < 1.29 is 29.7 Å². The minimum absolute atomic E-state index is 0.00414. The number of anilines is 2. The van der Waals surface area contributed by atoms with Crippen LogP contribution in [0.25, 0.3) is 11.8 Å². The lowest BCUT2D eigenvalue weighted by Gasteiger charge is -2.61. The Labute approximate surface area is 409 Å². The Morgan fingerprint density at radius 3 is 2.37 bits per heavy atom. The van der Waals surface area contributed by atoms with E-state index < -0.39 is 29.6 Å². The van der Waals surface area contributed by atoms with Gasteiger partial charge >= 0.3 is 6.03 Å². The fourth-order valence-corrected chi connectivity index (χ4v) is 11.6. The molecule has 6 heterocycles. The number of phenolic OH excluding ortho intramolecular Hbond substituents is 2. The molecule has 17 nitrogen and oxygen atoms in total. The van der Waals surface area contributed by atoms with Gasteiger partial charge in [0.2, 0.25) is 17.8 Å². The van der Waals surface area contributed by atoms with Crippen molar-refractivity contribution >= 4 is 41.4 Å². The normalized spacial score (nSPS) is 21.6. The molecule has 3 saturated heterocycles. The maximum absolute atomic E-state index is 14.2. The van der Waals surface area contributed by atoms with Crippen molar-refractivity contribution in [1.29, 1.82) is 0 Å². The van der Waals surface area contributed by atoms with E-state index in [1.54, 1.807) is 54.3 Å². The summed E-state index contributed by atoms with van der Waals surface area (Å²) in [6.45, 7) is 11.6. The van der Waals surface area contributed by atoms with E-state index in [1.165, 1.54) is 6.07 Å². The van der Waals surface area contributed by atoms with Gasteiger partial charge in [-0.2, -0.15) is 0 Å². The van der Waals surface area contributed by atoms with Crippen LogP contribution in [0, 0.1) is 23.2 Å². The number of para-hydroxylation sites is 1. The molecule has 2 aromatic carbocycles. The number of aliphatic hydroxyl groups excluding tert-OH is 1. The number of terminal acetylenes is 1. The Hall–Kier alpha value is -6.77. The summed E-state index contributed by atoms with van der Waals surface area (Å²) in [6, 6.07) is 9.50. The lowest BCUT2D eigenvalue weighted by Crippen LogP contribution is -2.70. The predicted octanol–water partition coefficient (Wildman–Crippen LogP) is 4.97. The van der Waals surface area contributed by atoms with Gasteiger partial charge in [0.15, 0.2) is 0 Å². The number of H-pyrrole nitrogens is 1. The lowest BCUT2D eigenvalue weighted by molar-refractivity contribution is -0.142. The van der Waals surface area contributed by atoms with Crippen LogP contribution in [0.15, 0.2) is 54.9 Å². The number of amides is 4. The van der Waals surface area contributed by atoms with Gasteiger partial charge in [0, 0.05) is 95.7 Å². The third-order valence-corrected chi connectivity index (χ3v) is 15.5. The third kappa shape index (κ3) is 9.34. The average molecular weight is 954 g/mol. The highest BCUT2D eigenvalue weighted by Gasteiger charge is 2.56. The number of carbonyl (C=O) groups is 3. The molecule has 9 rings (SSSR count). The maximum Gasteiger partial charge on any atom is 0.318 e. The average Bonchev–Trinajstić information content (AvgIpc) is 3.94. The number of aromatic nitrogens is 3. The minimum atomic E-state index is -0.825. The molecule has 0 bridgehead atoms. The van der Waals surface area contributed by atoms with Gasteiger partial charge in [-0.1, -0.05) is 44.9 Å². The number of likely N-dealkylation sites (tertiary alicyclic amines) is 3. The zero-order valence-corrected chi connectivity index (χ0v) is 40.6. The zero-order valence-electron chi connectivity index (χ0n) is 40.6. The van der Waals surface area contributed by atoms with E-state index in [9.17, 15) is 29.7 Å². The number of urea groups is 1. The van der Waals surface area contributed by atoms with Gasteiger partial charge in [0.05, 0.1) is 18.7 Å². The van der Waals surface area contributed by atoms with E-state index in [4.69, 9.17) is 27.9 Å². The first-order valence-electron chi connectivity index (χ1n) is 24.6. The van der Waals surface area contributed by atoms with Crippen molar-refractivity contribution in [3.8, 4) is 23.8 Å². The molecule has 1 aliphatic carbocycles. The Kier molecular flexibility index (Phi) is 13.2. The van der Waals surface area contributed by atoms with Gasteiger partial charge in [-0.15, -0.1) is 6.42 Å². The van der Waals surface area contributed by atoms with E-state index in [2.05, 4.69) is 26.4 Å². The fourth-order valence-electron chi connectivity index (χ4n) is 11.6. The van der Waals surface area contributed by atoms with Gasteiger partial charge in [-0.25, -0.2) is 14.8 Å². The number of hydrogen-bond donors (Lipinski definition) is 8. The van der Waals surface area contributed by atoms with E-state index in [0.29, 0.717) is 97.1 Å². The van der Waals surface area contributed by atoms with Gasteiger partial charge in [0.25, 0.3) is 0 Å². The number of rotatable bonds is 11. The van der Waals surface area contributed by atoms with Crippen LogP contribution in [0.2, 0.25) is 0 Å². The molecule has 0 radical (unpaired) electrons. The molecule has 70 heavy (non-hydrogen) atoms. The van der Waals surface area contributed by atoms with Crippen LogP contribution in [0.3, 0.4) is 0 Å². The summed E-state index contributed by atoms with van der Waals surface area (Å²) in [7, 11) is 0. The number of carbonyl (C=O) groups excluding carboxylic acids is 3. The highest BCUT2D eigenvalue weighted by molar-refractivity contribution is 5.93. The molecule has 4 fully saturated rings. The number of benzene rings is 2. The summed E-state index contributed by atoms with van der Waals surface area (Å²) in [5, 5.41) is 37.7. The second-order valence-electron chi connectivity index (χ2n) is 21.2. The number of hydrogen-bond acceptors (Lipinski definition) is 12. The molecule has 10 N–H and O–H groups in total. The zero-order chi connectivity index (χ0) is 49.6. The summed E-state index contributed by atoms with van der Waals surface area (Å²) >= 11 is 0. The van der Waals surface area contributed by atoms with Crippen molar-refractivity contribution in [2.75, 3.05) is 56.5 Å². The van der Waals surface area contributed by atoms with Crippen molar-refractivity contribution in [1.82, 2.24) is 40.3 Å². The van der Waals surface area contributed by atoms with Crippen LogP contribution in [0.5, 0.6) is 11.5 Å². The monoisotopic (exact) mass is 954 g/mol. The molecule has 17 heteroatoms. The second-order valence-corrected chi connectivity index (χ2v) is 21.2.